The van der Waals surface area contributed by atoms with Crippen molar-refractivity contribution in [2.45, 2.75) is 10.8 Å². The molecule has 0 radical (unpaired) electrons. The van der Waals surface area contributed by atoms with Crippen molar-refractivity contribution in [1.82, 2.24) is 4.98 Å². The third-order valence-electron chi connectivity index (χ3n) is 6.47. The molecule has 1 aliphatic heterocycles. The summed E-state index contributed by atoms with van der Waals surface area (Å²) in [5.41, 5.74) is 2.18. The lowest BCUT2D eigenvalue weighted by atomic mass is 9.85. The van der Waals surface area contributed by atoms with Gasteiger partial charge in [-0.3, -0.25) is 14.4 Å². The second kappa shape index (κ2) is 7.56. The minimum atomic E-state index is -0.205. The second-order valence-electron chi connectivity index (χ2n) is 8.35. The topological polar surface area (TPSA) is 79.4 Å². The predicted molar refractivity (Wildman–Crippen MR) is 126 cm³/mol. The highest BCUT2D eigenvalue weighted by Crippen LogP contribution is 2.53. The Morgan fingerprint density at radius 1 is 1.06 bits per heavy atom. The number of thioether (sulfide) groups is 1. The van der Waals surface area contributed by atoms with Gasteiger partial charge in [0.15, 0.2) is 4.34 Å². The van der Waals surface area contributed by atoms with Gasteiger partial charge in [0.05, 0.1) is 33.5 Å². The van der Waals surface area contributed by atoms with Crippen LogP contribution in [0.4, 0.5) is 11.4 Å². The Bertz CT molecular complexity index is 1260. The lowest BCUT2D eigenvalue weighted by Gasteiger charge is -2.17. The number of rotatable bonds is 5. The molecule has 4 atom stereocenters. The molecule has 0 unspecified atom stereocenters. The van der Waals surface area contributed by atoms with Crippen LogP contribution in [-0.2, 0) is 14.4 Å². The van der Waals surface area contributed by atoms with Crippen molar-refractivity contribution in [2.24, 2.45) is 23.7 Å². The fraction of sp³-hybridized carbons (Fsp3) is 0.250. The van der Waals surface area contributed by atoms with E-state index in [-0.39, 0.29) is 47.1 Å². The number of fused-ring (bicyclic) bond motifs is 6. The van der Waals surface area contributed by atoms with Gasteiger partial charge in [-0.25, -0.2) is 9.88 Å². The first-order chi connectivity index (χ1) is 15.6. The van der Waals surface area contributed by atoms with Crippen LogP contribution < -0.4 is 10.2 Å². The number of nitrogens with zero attached hydrogens (tertiary/aromatic N) is 2. The van der Waals surface area contributed by atoms with Crippen molar-refractivity contribution in [3.8, 4) is 0 Å². The van der Waals surface area contributed by atoms with Gasteiger partial charge in [0.25, 0.3) is 0 Å². The summed E-state index contributed by atoms with van der Waals surface area (Å²) in [6.07, 6.45) is 5.13. The van der Waals surface area contributed by atoms with Crippen LogP contribution in [-0.4, -0.2) is 28.5 Å². The van der Waals surface area contributed by atoms with E-state index in [0.29, 0.717) is 5.69 Å². The van der Waals surface area contributed by atoms with Crippen LogP contribution in [0.25, 0.3) is 10.2 Å². The summed E-state index contributed by atoms with van der Waals surface area (Å²) in [7, 11) is 0. The highest BCUT2D eigenvalue weighted by atomic mass is 32.2. The van der Waals surface area contributed by atoms with Crippen LogP contribution >= 0.6 is 23.1 Å². The van der Waals surface area contributed by atoms with E-state index in [1.54, 1.807) is 6.07 Å². The van der Waals surface area contributed by atoms with E-state index < -0.39 is 0 Å². The molecule has 160 valence electrons. The molecule has 2 fully saturated rings. The van der Waals surface area contributed by atoms with E-state index in [0.717, 1.165) is 26.7 Å². The van der Waals surface area contributed by atoms with Gasteiger partial charge in [-0.15, -0.1) is 11.3 Å². The molecular formula is C24H19N3O3S2. The number of carbonyl (C=O) groups excluding carboxylic acids is 3. The Hall–Kier alpha value is -2.97. The van der Waals surface area contributed by atoms with Gasteiger partial charge in [0, 0.05) is 5.69 Å². The first-order valence-electron chi connectivity index (χ1n) is 10.5. The summed E-state index contributed by atoms with van der Waals surface area (Å²) < 4.78 is 1.67. The third kappa shape index (κ3) is 3.17. The van der Waals surface area contributed by atoms with Crippen molar-refractivity contribution in [3.05, 3.63) is 60.7 Å². The van der Waals surface area contributed by atoms with Gasteiger partial charge < -0.3 is 5.32 Å². The molecule has 1 aromatic heterocycles. The Morgan fingerprint density at radius 2 is 1.78 bits per heavy atom. The third-order valence-corrected chi connectivity index (χ3v) is 8.63. The zero-order valence-electron chi connectivity index (χ0n) is 16.9. The molecule has 2 aliphatic carbocycles. The van der Waals surface area contributed by atoms with E-state index in [2.05, 4.69) is 22.5 Å². The number of anilines is 2. The largest absolute Gasteiger partial charge is 0.325 e. The van der Waals surface area contributed by atoms with E-state index in [1.807, 2.05) is 42.5 Å². The van der Waals surface area contributed by atoms with Crippen LogP contribution in [0.2, 0.25) is 0 Å². The Balaban J connectivity index is 1.18. The number of nitrogens with one attached hydrogen (secondary N) is 1. The maximum absolute atomic E-state index is 13.1. The smallest absolute Gasteiger partial charge is 0.238 e. The van der Waals surface area contributed by atoms with Crippen molar-refractivity contribution < 1.29 is 14.4 Å². The van der Waals surface area contributed by atoms with Crippen molar-refractivity contribution in [3.63, 3.8) is 0 Å². The van der Waals surface area contributed by atoms with Gasteiger partial charge in [0.2, 0.25) is 17.7 Å². The van der Waals surface area contributed by atoms with Crippen molar-refractivity contribution in [1.29, 1.82) is 0 Å². The highest BCUT2D eigenvalue weighted by Gasteiger charge is 2.59. The number of imide groups is 1. The van der Waals surface area contributed by atoms with Crippen molar-refractivity contribution >= 4 is 62.4 Å². The van der Waals surface area contributed by atoms with Crippen LogP contribution in [0.15, 0.2) is 65.0 Å². The monoisotopic (exact) mass is 461 g/mol. The number of hydrogen-bond donors (Lipinski definition) is 1. The van der Waals surface area contributed by atoms with Gasteiger partial charge >= 0.3 is 0 Å². The van der Waals surface area contributed by atoms with Crippen LogP contribution in [0, 0.1) is 23.7 Å². The normalized spacial score (nSPS) is 25.7. The van der Waals surface area contributed by atoms with Gasteiger partial charge in [-0.05, 0) is 48.6 Å². The first kappa shape index (κ1) is 19.7. The molecule has 32 heavy (non-hydrogen) atoms. The standard InChI is InChI=1S/C24H19N3O3S2/c28-19(25-15-4-2-1-3-5-15)12-31-24-26-17-9-8-16(11-18(17)32-24)27-22(29)20-13-6-7-14(10-13)21(20)23(27)30/h1-9,11,13-14,20-21H,10,12H2,(H,25,28)/t13-,14-,20-,21-/m0/s1. The molecule has 3 aliphatic rings. The van der Waals surface area contributed by atoms with Crippen LogP contribution in [0.3, 0.4) is 0 Å². The van der Waals surface area contributed by atoms with Gasteiger partial charge in [-0.2, -0.15) is 0 Å². The summed E-state index contributed by atoms with van der Waals surface area (Å²) in [6.45, 7) is 0. The SMILES string of the molecule is O=C(CSc1nc2ccc(N3C(=O)[C@@H]4[C@@H](C3=O)[C@H]3C=C[C@H]4C3)cc2s1)Nc1ccccc1. The first-order valence-corrected chi connectivity index (χ1v) is 12.3. The summed E-state index contributed by atoms with van der Waals surface area (Å²) in [6, 6.07) is 14.8. The Labute approximate surface area is 192 Å². The molecule has 1 saturated heterocycles. The minimum absolute atomic E-state index is 0.0760. The zero-order valence-corrected chi connectivity index (χ0v) is 18.6. The summed E-state index contributed by atoms with van der Waals surface area (Å²) in [4.78, 5) is 44.3. The number of aromatic nitrogens is 1. The lowest BCUT2D eigenvalue weighted by molar-refractivity contribution is -0.123. The molecule has 1 saturated carbocycles. The number of benzene rings is 2. The van der Waals surface area contributed by atoms with E-state index >= 15 is 0 Å². The zero-order chi connectivity index (χ0) is 21.8. The molecule has 6 nitrogen and oxygen atoms in total. The average molecular weight is 462 g/mol. The highest BCUT2D eigenvalue weighted by molar-refractivity contribution is 8.01. The van der Waals surface area contributed by atoms with Gasteiger partial charge in [-0.1, -0.05) is 42.1 Å². The molecular weight excluding hydrogens is 442 g/mol. The maximum Gasteiger partial charge on any atom is 0.238 e. The molecule has 8 heteroatoms. The predicted octanol–water partition coefficient (Wildman–Crippen LogP) is 4.34. The number of amides is 3. The quantitative estimate of drug-likeness (QED) is 0.347. The molecule has 2 aromatic carbocycles. The number of thiazole rings is 1. The van der Waals surface area contributed by atoms with E-state index in [4.69, 9.17) is 0 Å². The molecule has 2 bridgehead atoms. The average Bonchev–Trinajstić information content (AvgIpc) is 3.55. The summed E-state index contributed by atoms with van der Waals surface area (Å²) >= 11 is 2.84. The number of allylic oxidation sites excluding steroid dienone is 2. The van der Waals surface area contributed by atoms with Crippen LogP contribution in [0.1, 0.15) is 6.42 Å². The summed E-state index contributed by atoms with van der Waals surface area (Å²) in [5, 5.41) is 2.86. The Kier molecular flexibility index (Phi) is 4.66. The van der Waals surface area contributed by atoms with E-state index in [9.17, 15) is 14.4 Å². The molecule has 3 amide bonds. The maximum atomic E-state index is 13.1. The Morgan fingerprint density at radius 3 is 2.50 bits per heavy atom. The fourth-order valence-electron chi connectivity index (χ4n) is 5.10. The molecule has 3 aromatic rings. The van der Waals surface area contributed by atoms with Crippen molar-refractivity contribution in [2.75, 3.05) is 16.0 Å². The molecule has 1 N–H and O–H groups in total. The number of hydrogen-bond acceptors (Lipinski definition) is 6. The molecule has 6 rings (SSSR count). The molecule has 0 spiro atoms. The number of para-hydroxylation sites is 1. The number of carbonyl (C=O) groups is 3. The molecule has 2 heterocycles. The second-order valence-corrected chi connectivity index (χ2v) is 10.6. The summed E-state index contributed by atoms with van der Waals surface area (Å²) in [5.74, 6) is -0.00546. The fourth-order valence-corrected chi connectivity index (χ4v) is 7.00. The lowest BCUT2D eigenvalue weighted by Crippen LogP contribution is -2.32. The van der Waals surface area contributed by atoms with Gasteiger partial charge in [0.1, 0.15) is 0 Å². The minimum Gasteiger partial charge on any atom is -0.325 e. The van der Waals surface area contributed by atoms with E-state index in [1.165, 1.54) is 28.0 Å². The van der Waals surface area contributed by atoms with Crippen LogP contribution in [0.5, 0.6) is 0 Å².